The second-order valence-electron chi connectivity index (χ2n) is 7.79. The van der Waals surface area contributed by atoms with Gasteiger partial charge in [-0.15, -0.1) is 11.3 Å². The molecule has 0 aromatic carbocycles. The zero-order valence-corrected chi connectivity index (χ0v) is 17.6. The largest absolute Gasteiger partial charge is 0.465 e. The Morgan fingerprint density at radius 1 is 1.21 bits per heavy atom. The van der Waals surface area contributed by atoms with Crippen LogP contribution < -0.4 is 4.90 Å². The van der Waals surface area contributed by atoms with E-state index in [4.69, 9.17) is 9.72 Å². The van der Waals surface area contributed by atoms with Gasteiger partial charge in [-0.3, -0.25) is 4.90 Å². The van der Waals surface area contributed by atoms with Gasteiger partial charge >= 0.3 is 5.97 Å². The molecule has 0 aliphatic carbocycles. The Kier molecular flexibility index (Phi) is 5.53. The number of hydrogen-bond donors (Lipinski definition) is 1. The highest BCUT2D eigenvalue weighted by molar-refractivity contribution is 7.20. The maximum absolute atomic E-state index is 12.2. The Morgan fingerprint density at radius 2 is 1.96 bits per heavy atom. The summed E-state index contributed by atoms with van der Waals surface area (Å²) in [6.07, 6.45) is 4.47. The molecule has 0 amide bonds. The van der Waals surface area contributed by atoms with Crippen molar-refractivity contribution in [2.24, 2.45) is 0 Å². The number of aromatic nitrogens is 2. The molecule has 2 saturated heterocycles. The predicted octanol–water partition coefficient (Wildman–Crippen LogP) is 2.52. The van der Waals surface area contributed by atoms with E-state index >= 15 is 0 Å². The van der Waals surface area contributed by atoms with Crippen molar-refractivity contribution < 1.29 is 14.6 Å². The van der Waals surface area contributed by atoms with Crippen molar-refractivity contribution in [1.82, 2.24) is 14.9 Å². The van der Waals surface area contributed by atoms with Gasteiger partial charge in [0.1, 0.15) is 21.3 Å². The number of aliphatic hydroxyl groups is 1. The van der Waals surface area contributed by atoms with E-state index in [0.29, 0.717) is 10.9 Å². The van der Waals surface area contributed by atoms with E-state index in [1.54, 1.807) is 0 Å². The fourth-order valence-electron chi connectivity index (χ4n) is 4.63. The van der Waals surface area contributed by atoms with Gasteiger partial charge in [0.25, 0.3) is 0 Å². The summed E-state index contributed by atoms with van der Waals surface area (Å²) in [4.78, 5) is 27.9. The predicted molar refractivity (Wildman–Crippen MR) is 110 cm³/mol. The first-order valence-electron chi connectivity index (χ1n) is 10.0. The molecule has 2 aromatic rings. The second kappa shape index (κ2) is 7.93. The number of likely N-dealkylation sites (tertiary alicyclic amines) is 1. The van der Waals surface area contributed by atoms with E-state index in [0.717, 1.165) is 72.7 Å². The molecule has 0 bridgehead atoms. The molecule has 2 atom stereocenters. The molecule has 2 aromatic heterocycles. The molecule has 1 N–H and O–H groups in total. The molecule has 0 spiro atoms. The summed E-state index contributed by atoms with van der Waals surface area (Å²) in [6.45, 7) is 7.05. The fraction of sp³-hybridized carbons (Fsp3) is 0.650. The third kappa shape index (κ3) is 3.38. The van der Waals surface area contributed by atoms with Crippen LogP contribution in [0, 0.1) is 13.8 Å². The number of aryl methyl sites for hydroxylation is 2. The lowest BCUT2D eigenvalue weighted by atomic mass is 10.1. The number of rotatable bonds is 5. The van der Waals surface area contributed by atoms with E-state index in [9.17, 15) is 9.90 Å². The van der Waals surface area contributed by atoms with Crippen LogP contribution in [0.25, 0.3) is 10.2 Å². The first kappa shape index (κ1) is 19.5. The van der Waals surface area contributed by atoms with Crippen LogP contribution in [0.1, 0.15) is 46.7 Å². The van der Waals surface area contributed by atoms with Crippen molar-refractivity contribution >= 4 is 33.3 Å². The number of methoxy groups -OCH3 is 1. The molecule has 8 heteroatoms. The molecule has 152 valence electrons. The number of hydrogen-bond acceptors (Lipinski definition) is 8. The van der Waals surface area contributed by atoms with Crippen LogP contribution in [-0.4, -0.2) is 71.4 Å². The number of carbonyl (C=O) groups is 1. The lowest BCUT2D eigenvalue weighted by Gasteiger charge is -2.32. The minimum absolute atomic E-state index is 0.232. The van der Waals surface area contributed by atoms with Gasteiger partial charge in [0.05, 0.1) is 19.1 Å². The standard InChI is InChI=1S/C20H28N4O3S/c1-12-16-18(21-13(2)22-19(16)28-17(12)20(26)27-3)24-9-5-6-14(24)10-23-8-4-7-15(23)11-25/h14-15,25H,4-11H2,1-3H3. The van der Waals surface area contributed by atoms with Gasteiger partial charge in [-0.05, 0) is 51.6 Å². The third-order valence-electron chi connectivity index (χ3n) is 6.06. The Balaban J connectivity index is 1.71. The molecule has 2 fully saturated rings. The van der Waals surface area contributed by atoms with Crippen LogP contribution >= 0.6 is 11.3 Å². The molecule has 4 rings (SSSR count). The highest BCUT2D eigenvalue weighted by Crippen LogP contribution is 2.38. The van der Waals surface area contributed by atoms with Crippen LogP contribution in [0.4, 0.5) is 5.82 Å². The maximum atomic E-state index is 12.2. The summed E-state index contributed by atoms with van der Waals surface area (Å²) in [7, 11) is 1.41. The van der Waals surface area contributed by atoms with Crippen molar-refractivity contribution in [3.05, 3.63) is 16.3 Å². The third-order valence-corrected chi connectivity index (χ3v) is 7.22. The quantitative estimate of drug-likeness (QED) is 0.767. The Hall–Kier alpha value is -1.77. The Bertz CT molecular complexity index is 884. The number of anilines is 1. The average molecular weight is 405 g/mol. The molecular weight excluding hydrogens is 376 g/mol. The Labute approximate surface area is 169 Å². The summed E-state index contributed by atoms with van der Waals surface area (Å²) in [5, 5.41) is 10.6. The first-order chi connectivity index (χ1) is 13.5. The number of aliphatic hydroxyl groups excluding tert-OH is 1. The van der Waals surface area contributed by atoms with Gasteiger partial charge in [0, 0.05) is 25.2 Å². The maximum Gasteiger partial charge on any atom is 0.348 e. The van der Waals surface area contributed by atoms with Gasteiger partial charge in [0.2, 0.25) is 0 Å². The minimum Gasteiger partial charge on any atom is -0.465 e. The zero-order valence-electron chi connectivity index (χ0n) is 16.8. The van der Waals surface area contributed by atoms with Gasteiger partial charge in [-0.1, -0.05) is 0 Å². The number of thiophene rings is 1. The molecule has 7 nitrogen and oxygen atoms in total. The normalized spacial score (nSPS) is 23.1. The van der Waals surface area contributed by atoms with Gasteiger partial charge in [-0.2, -0.15) is 0 Å². The second-order valence-corrected chi connectivity index (χ2v) is 8.78. The Morgan fingerprint density at radius 3 is 2.71 bits per heavy atom. The smallest absolute Gasteiger partial charge is 0.348 e. The van der Waals surface area contributed by atoms with Crippen molar-refractivity contribution in [2.75, 3.05) is 38.3 Å². The monoisotopic (exact) mass is 404 g/mol. The lowest BCUT2D eigenvalue weighted by Crippen LogP contribution is -2.43. The molecule has 2 aliphatic rings. The SMILES string of the molecule is COC(=O)c1sc2nc(C)nc(N3CCCC3CN3CCCC3CO)c2c1C. The average Bonchev–Trinajstić information content (AvgIpc) is 3.40. The minimum atomic E-state index is -0.315. The van der Waals surface area contributed by atoms with E-state index in [1.165, 1.54) is 18.4 Å². The highest BCUT2D eigenvalue weighted by Gasteiger charge is 2.34. The van der Waals surface area contributed by atoms with E-state index in [-0.39, 0.29) is 18.6 Å². The van der Waals surface area contributed by atoms with E-state index in [2.05, 4.69) is 14.8 Å². The number of ether oxygens (including phenoxy) is 1. The number of carbonyl (C=O) groups excluding carboxylic acids is 1. The number of nitrogens with zero attached hydrogens (tertiary/aromatic N) is 4. The van der Waals surface area contributed by atoms with Crippen molar-refractivity contribution in [2.45, 2.75) is 51.6 Å². The van der Waals surface area contributed by atoms with Crippen LogP contribution in [-0.2, 0) is 4.74 Å². The lowest BCUT2D eigenvalue weighted by molar-refractivity contribution is 0.0605. The summed E-state index contributed by atoms with van der Waals surface area (Å²) in [5.74, 6) is 1.35. The molecule has 0 radical (unpaired) electrons. The molecule has 0 saturated carbocycles. The number of esters is 1. The van der Waals surface area contributed by atoms with Crippen LogP contribution in [0.5, 0.6) is 0 Å². The van der Waals surface area contributed by atoms with Gasteiger partial charge in [0.15, 0.2) is 0 Å². The topological polar surface area (TPSA) is 78.8 Å². The van der Waals surface area contributed by atoms with Crippen LogP contribution in [0.3, 0.4) is 0 Å². The molecular formula is C20H28N4O3S. The molecule has 4 heterocycles. The summed E-state index contributed by atoms with van der Waals surface area (Å²) < 4.78 is 4.96. The van der Waals surface area contributed by atoms with E-state index in [1.807, 2.05) is 13.8 Å². The molecule has 2 unspecified atom stereocenters. The van der Waals surface area contributed by atoms with Crippen LogP contribution in [0.15, 0.2) is 0 Å². The fourth-order valence-corrected chi connectivity index (χ4v) is 5.77. The van der Waals surface area contributed by atoms with Crippen LogP contribution in [0.2, 0.25) is 0 Å². The van der Waals surface area contributed by atoms with Crippen molar-refractivity contribution in [1.29, 1.82) is 0 Å². The van der Waals surface area contributed by atoms with Gasteiger partial charge < -0.3 is 14.7 Å². The molecule has 2 aliphatic heterocycles. The summed E-state index contributed by atoms with van der Waals surface area (Å²) in [5.41, 5.74) is 0.905. The highest BCUT2D eigenvalue weighted by atomic mass is 32.1. The van der Waals surface area contributed by atoms with Crippen molar-refractivity contribution in [3.63, 3.8) is 0 Å². The summed E-state index contributed by atoms with van der Waals surface area (Å²) >= 11 is 1.39. The summed E-state index contributed by atoms with van der Waals surface area (Å²) in [6, 6.07) is 0.647. The zero-order chi connectivity index (χ0) is 19.8. The van der Waals surface area contributed by atoms with E-state index < -0.39 is 0 Å². The number of fused-ring (bicyclic) bond motifs is 1. The van der Waals surface area contributed by atoms with Gasteiger partial charge in [-0.25, -0.2) is 14.8 Å². The van der Waals surface area contributed by atoms with Crippen molar-refractivity contribution in [3.8, 4) is 0 Å². The first-order valence-corrected chi connectivity index (χ1v) is 10.8. The molecule has 28 heavy (non-hydrogen) atoms.